The molecule has 2 heterocycles. The quantitative estimate of drug-likeness (QED) is 0.392. The number of benzene rings is 1. The number of halogens is 5. The molecule has 3 rings (SSSR count). The van der Waals surface area contributed by atoms with Crippen LogP contribution in [0.15, 0.2) is 29.3 Å². The van der Waals surface area contributed by atoms with E-state index < -0.39 is 23.6 Å². The predicted molar refractivity (Wildman–Crippen MR) is 97.4 cm³/mol. The smallest absolute Gasteiger partial charge is 0.379 e. The second-order valence-electron chi connectivity index (χ2n) is 6.22. The van der Waals surface area contributed by atoms with E-state index in [1.165, 1.54) is 12.1 Å². The number of ether oxygens (including phenoxy) is 1. The van der Waals surface area contributed by atoms with Crippen molar-refractivity contribution in [3.8, 4) is 0 Å². The molecule has 1 aromatic heterocycles. The third-order valence-corrected chi connectivity index (χ3v) is 4.30. The molecule has 1 fully saturated rings. The molecule has 1 atom stereocenters. The van der Waals surface area contributed by atoms with Crippen LogP contribution in [-0.4, -0.2) is 41.3 Å². The molecule has 1 aromatic carbocycles. The number of hydrogen-bond acceptors (Lipinski definition) is 4. The Labute approximate surface area is 167 Å². The summed E-state index contributed by atoms with van der Waals surface area (Å²) in [4.78, 5) is 16.7. The summed E-state index contributed by atoms with van der Waals surface area (Å²) in [6.07, 6.45) is -3.19. The molecule has 0 bridgehead atoms. The van der Waals surface area contributed by atoms with Gasteiger partial charge in [-0.05, 0) is 31.0 Å². The van der Waals surface area contributed by atoms with Gasteiger partial charge < -0.3 is 10.1 Å². The zero-order chi connectivity index (χ0) is 21.0. The number of hydrogen-bond donors (Lipinski definition) is 3. The third kappa shape index (κ3) is 5.67. The second kappa shape index (κ2) is 8.78. The number of H-pyrrole nitrogens is 1. The summed E-state index contributed by atoms with van der Waals surface area (Å²) in [5, 5.41) is 10.2. The van der Waals surface area contributed by atoms with E-state index in [-0.39, 0.29) is 28.4 Å². The highest BCUT2D eigenvalue weighted by Crippen LogP contribution is 2.28. The number of guanidine groups is 1. The van der Waals surface area contributed by atoms with Gasteiger partial charge in [0.15, 0.2) is 5.82 Å². The highest BCUT2D eigenvalue weighted by Gasteiger charge is 2.33. The molecule has 0 aliphatic carbocycles. The van der Waals surface area contributed by atoms with Crippen LogP contribution in [0.25, 0.3) is 0 Å². The summed E-state index contributed by atoms with van der Waals surface area (Å²) < 4.78 is 57.2. The highest BCUT2D eigenvalue weighted by atomic mass is 35.5. The molecule has 0 saturated carbocycles. The van der Waals surface area contributed by atoms with Gasteiger partial charge in [-0.3, -0.25) is 15.2 Å². The Bertz CT molecular complexity index is 909. The Morgan fingerprint density at radius 1 is 1.34 bits per heavy atom. The number of aliphatic imine (C=N–C) groups is 1. The van der Waals surface area contributed by atoms with Crippen molar-refractivity contribution in [2.24, 2.45) is 4.99 Å². The molecule has 156 valence electrons. The van der Waals surface area contributed by atoms with Crippen molar-refractivity contribution in [1.29, 1.82) is 0 Å². The van der Waals surface area contributed by atoms with Gasteiger partial charge in [0.2, 0.25) is 5.96 Å². The van der Waals surface area contributed by atoms with Gasteiger partial charge in [0.25, 0.3) is 5.91 Å². The number of alkyl halides is 3. The van der Waals surface area contributed by atoms with E-state index in [9.17, 15) is 22.4 Å². The van der Waals surface area contributed by atoms with Crippen LogP contribution in [0.5, 0.6) is 0 Å². The molecule has 12 heteroatoms. The molecular weight excluding hydrogens is 418 g/mol. The van der Waals surface area contributed by atoms with Crippen molar-refractivity contribution < 1.29 is 27.1 Å². The van der Waals surface area contributed by atoms with Crippen LogP contribution in [0, 0.1) is 5.82 Å². The van der Waals surface area contributed by atoms with Gasteiger partial charge in [-0.25, -0.2) is 9.38 Å². The van der Waals surface area contributed by atoms with E-state index in [1.54, 1.807) is 0 Å². The summed E-state index contributed by atoms with van der Waals surface area (Å²) in [6.45, 7) is 0.879. The second-order valence-corrected chi connectivity index (χ2v) is 6.63. The van der Waals surface area contributed by atoms with E-state index in [0.29, 0.717) is 19.6 Å². The fourth-order valence-corrected chi connectivity index (χ4v) is 2.69. The standard InChI is InChI=1S/C17H16ClF4N5O2/c18-11-4-3-9(6-12(11)19)15(28)25-16(23-10-2-1-5-29-8-10)24-14-7-13(26-27-14)17(20,21)22/h3-4,6-7,10H,1-2,5,8H2,(H3,23,24,25,26,27,28). The Morgan fingerprint density at radius 2 is 2.14 bits per heavy atom. The summed E-state index contributed by atoms with van der Waals surface area (Å²) in [6, 6.07) is 3.89. The number of rotatable bonds is 3. The van der Waals surface area contributed by atoms with E-state index in [0.717, 1.165) is 18.6 Å². The lowest BCUT2D eigenvalue weighted by molar-refractivity contribution is -0.141. The average Bonchev–Trinajstić information content (AvgIpc) is 3.13. The van der Waals surface area contributed by atoms with Gasteiger partial charge in [-0.15, -0.1) is 0 Å². The van der Waals surface area contributed by atoms with Crippen molar-refractivity contribution in [3.05, 3.63) is 46.4 Å². The van der Waals surface area contributed by atoms with Gasteiger partial charge >= 0.3 is 6.18 Å². The molecule has 7 nitrogen and oxygen atoms in total. The minimum absolute atomic E-state index is 0.0423. The molecule has 1 aliphatic heterocycles. The molecule has 0 spiro atoms. The van der Waals surface area contributed by atoms with Crippen LogP contribution in [0.3, 0.4) is 0 Å². The SMILES string of the molecule is O=C(NC(=NC1CCCOC1)Nc1cc(C(F)(F)F)[nH]n1)c1ccc(Cl)c(F)c1. The fraction of sp³-hybridized carbons (Fsp3) is 0.353. The first kappa shape index (κ1) is 21.1. The Hall–Kier alpha value is -2.66. The number of nitrogens with one attached hydrogen (secondary N) is 3. The Morgan fingerprint density at radius 3 is 2.76 bits per heavy atom. The first-order valence-electron chi connectivity index (χ1n) is 8.54. The Kier molecular flexibility index (Phi) is 6.38. The zero-order valence-corrected chi connectivity index (χ0v) is 15.6. The topological polar surface area (TPSA) is 91.4 Å². The largest absolute Gasteiger partial charge is 0.432 e. The van der Waals surface area contributed by atoms with E-state index in [1.807, 2.05) is 5.10 Å². The summed E-state index contributed by atoms with van der Waals surface area (Å²) >= 11 is 5.61. The first-order chi connectivity index (χ1) is 13.7. The van der Waals surface area contributed by atoms with Crippen molar-refractivity contribution >= 4 is 29.3 Å². The maximum atomic E-state index is 13.6. The van der Waals surface area contributed by atoms with E-state index in [2.05, 4.69) is 20.7 Å². The van der Waals surface area contributed by atoms with Crippen molar-refractivity contribution in [2.45, 2.75) is 25.1 Å². The van der Waals surface area contributed by atoms with E-state index in [4.69, 9.17) is 16.3 Å². The lowest BCUT2D eigenvalue weighted by Gasteiger charge is -2.20. The minimum atomic E-state index is -4.61. The number of aromatic amines is 1. The van der Waals surface area contributed by atoms with Gasteiger partial charge in [0.05, 0.1) is 17.7 Å². The number of nitrogens with zero attached hydrogens (tertiary/aromatic N) is 2. The Balaban J connectivity index is 1.80. The molecule has 1 amide bonds. The highest BCUT2D eigenvalue weighted by molar-refractivity contribution is 6.30. The monoisotopic (exact) mass is 433 g/mol. The van der Waals surface area contributed by atoms with Crippen LogP contribution >= 0.6 is 11.6 Å². The van der Waals surface area contributed by atoms with Crippen molar-refractivity contribution in [3.63, 3.8) is 0 Å². The molecule has 3 N–H and O–H groups in total. The summed E-state index contributed by atoms with van der Waals surface area (Å²) in [5.41, 5.74) is -1.11. The van der Waals surface area contributed by atoms with Gasteiger partial charge in [-0.2, -0.15) is 18.3 Å². The number of aromatic nitrogens is 2. The lowest BCUT2D eigenvalue weighted by atomic mass is 10.1. The zero-order valence-electron chi connectivity index (χ0n) is 14.8. The number of carbonyl (C=O) groups is 1. The number of anilines is 1. The maximum Gasteiger partial charge on any atom is 0.432 e. The van der Waals surface area contributed by atoms with Crippen LogP contribution in [0.2, 0.25) is 5.02 Å². The fourth-order valence-electron chi connectivity index (χ4n) is 2.57. The van der Waals surface area contributed by atoms with Gasteiger partial charge in [0, 0.05) is 18.2 Å². The number of carbonyl (C=O) groups excluding carboxylic acids is 1. The summed E-state index contributed by atoms with van der Waals surface area (Å²) in [7, 11) is 0. The maximum absolute atomic E-state index is 13.6. The third-order valence-electron chi connectivity index (χ3n) is 3.99. The molecule has 1 unspecified atom stereocenters. The predicted octanol–water partition coefficient (Wildman–Crippen LogP) is 3.60. The number of amides is 1. The normalized spacial score (nSPS) is 17.8. The van der Waals surface area contributed by atoms with Crippen LogP contribution < -0.4 is 10.6 Å². The molecule has 2 aromatic rings. The van der Waals surface area contributed by atoms with Gasteiger partial charge in [-0.1, -0.05) is 11.6 Å². The van der Waals surface area contributed by atoms with E-state index >= 15 is 0 Å². The van der Waals surface area contributed by atoms with Crippen LogP contribution in [0.1, 0.15) is 28.9 Å². The summed E-state index contributed by atoms with van der Waals surface area (Å²) in [5.74, 6) is -1.85. The average molecular weight is 434 g/mol. The minimum Gasteiger partial charge on any atom is -0.379 e. The van der Waals surface area contributed by atoms with Crippen LogP contribution in [-0.2, 0) is 10.9 Å². The molecule has 29 heavy (non-hydrogen) atoms. The van der Waals surface area contributed by atoms with Crippen LogP contribution in [0.4, 0.5) is 23.4 Å². The molecule has 1 aliphatic rings. The molecule has 1 saturated heterocycles. The lowest BCUT2D eigenvalue weighted by Crippen LogP contribution is -2.38. The molecule has 0 radical (unpaired) electrons. The van der Waals surface area contributed by atoms with Gasteiger partial charge in [0.1, 0.15) is 11.5 Å². The van der Waals surface area contributed by atoms with Crippen molar-refractivity contribution in [2.75, 3.05) is 18.5 Å². The molecular formula is C17H16ClF4N5O2. The van der Waals surface area contributed by atoms with Crippen molar-refractivity contribution in [1.82, 2.24) is 15.5 Å². The first-order valence-corrected chi connectivity index (χ1v) is 8.92.